The number of hydrogen-bond donors (Lipinski definition) is 1. The molecule has 0 aliphatic carbocycles. The molecule has 0 bridgehead atoms. The molecule has 1 N–H and O–H groups in total. The van der Waals surface area contributed by atoms with E-state index >= 15 is 0 Å². The van der Waals surface area contributed by atoms with Crippen molar-refractivity contribution in [2.75, 3.05) is 11.0 Å². The van der Waals surface area contributed by atoms with Gasteiger partial charge in [-0.05, 0) is 19.3 Å². The third-order valence-electron chi connectivity index (χ3n) is 0.971. The van der Waals surface area contributed by atoms with Crippen molar-refractivity contribution in [2.45, 2.75) is 19.3 Å². The smallest absolute Gasteiger partial charge is 0.0433 e. The van der Waals surface area contributed by atoms with Crippen LogP contribution >= 0.6 is 22.6 Å². The first kappa shape index (κ1) is 9.43. The lowest BCUT2D eigenvalue weighted by Crippen LogP contribution is -1.78. The van der Waals surface area contributed by atoms with E-state index in [9.17, 15) is 0 Å². The maximum Gasteiger partial charge on any atom is 0.0433 e. The van der Waals surface area contributed by atoms with Crippen molar-refractivity contribution in [3.63, 3.8) is 0 Å². The molecule has 0 fully saturated rings. The molecule has 0 aromatic heterocycles. The van der Waals surface area contributed by atoms with E-state index in [1.54, 1.807) is 0 Å². The Kier molecular flexibility index (Phi) is 8.83. The Hall–Kier alpha value is 0.430. The molecule has 0 amide bonds. The monoisotopic (exact) mass is 240 g/mol. The minimum absolute atomic E-state index is 0.314. The summed E-state index contributed by atoms with van der Waals surface area (Å²) in [5, 5.41) is 8.39. The number of halogens is 1. The fraction of sp³-hybridized carbons (Fsp3) is 0.714. The third kappa shape index (κ3) is 8.43. The average molecular weight is 240 g/mol. The lowest BCUT2D eigenvalue weighted by atomic mass is 10.3. The van der Waals surface area contributed by atoms with Crippen LogP contribution in [0, 0.1) is 0 Å². The average Bonchev–Trinajstić information content (AvgIpc) is 1.89. The lowest BCUT2D eigenvalue weighted by Gasteiger charge is -1.86. The zero-order chi connectivity index (χ0) is 6.95. The summed E-state index contributed by atoms with van der Waals surface area (Å²) in [5.74, 6) is 0. The van der Waals surface area contributed by atoms with Crippen LogP contribution < -0.4 is 0 Å². The van der Waals surface area contributed by atoms with E-state index in [0.717, 1.165) is 19.3 Å². The second kappa shape index (κ2) is 8.43. The number of hydrogen-bond acceptors (Lipinski definition) is 1. The highest BCUT2D eigenvalue weighted by Gasteiger charge is 1.77. The molecular formula is C7H13IO. The molecule has 0 aromatic rings. The van der Waals surface area contributed by atoms with E-state index in [2.05, 4.69) is 34.7 Å². The van der Waals surface area contributed by atoms with Crippen molar-refractivity contribution in [3.05, 3.63) is 12.2 Å². The Balaban J connectivity index is 2.86. The molecule has 2 heteroatoms. The molecular weight excluding hydrogens is 227 g/mol. The minimum atomic E-state index is 0.314. The maximum atomic E-state index is 8.39. The van der Waals surface area contributed by atoms with Gasteiger partial charge in [0.15, 0.2) is 0 Å². The summed E-state index contributed by atoms with van der Waals surface area (Å²) in [6.07, 6.45) is 7.38. The topological polar surface area (TPSA) is 20.2 Å². The summed E-state index contributed by atoms with van der Waals surface area (Å²) in [6.45, 7) is 0.314. The molecule has 0 atom stereocenters. The number of alkyl halides is 1. The second-order valence-corrected chi connectivity index (χ2v) is 2.89. The zero-order valence-electron chi connectivity index (χ0n) is 5.52. The van der Waals surface area contributed by atoms with Crippen LogP contribution in [0.15, 0.2) is 12.2 Å². The van der Waals surface area contributed by atoms with Crippen molar-refractivity contribution < 1.29 is 5.11 Å². The van der Waals surface area contributed by atoms with Crippen molar-refractivity contribution in [1.29, 1.82) is 0 Å². The molecule has 0 radical (unpaired) electrons. The maximum absolute atomic E-state index is 8.39. The van der Waals surface area contributed by atoms with Crippen LogP contribution in [0.4, 0.5) is 0 Å². The van der Waals surface area contributed by atoms with Crippen LogP contribution in [0.1, 0.15) is 19.3 Å². The molecule has 0 heterocycles. The van der Waals surface area contributed by atoms with E-state index in [1.807, 2.05) is 0 Å². The molecule has 0 spiro atoms. The Labute approximate surface area is 70.3 Å². The van der Waals surface area contributed by atoms with Gasteiger partial charge >= 0.3 is 0 Å². The third-order valence-corrected chi connectivity index (χ3v) is 1.59. The van der Waals surface area contributed by atoms with Gasteiger partial charge in [-0.2, -0.15) is 0 Å². The molecule has 0 aromatic carbocycles. The molecule has 0 rings (SSSR count). The molecule has 0 saturated heterocycles. The summed E-state index contributed by atoms with van der Waals surface area (Å²) in [6, 6.07) is 0. The highest BCUT2D eigenvalue weighted by atomic mass is 127. The number of aliphatic hydroxyl groups is 1. The van der Waals surface area contributed by atoms with Gasteiger partial charge in [0.2, 0.25) is 0 Å². The van der Waals surface area contributed by atoms with Gasteiger partial charge in [-0.3, -0.25) is 0 Å². The van der Waals surface area contributed by atoms with E-state index in [0.29, 0.717) is 6.61 Å². The first-order chi connectivity index (χ1) is 4.41. The molecule has 0 saturated carbocycles. The highest BCUT2D eigenvalue weighted by molar-refractivity contribution is 14.1. The number of rotatable bonds is 5. The lowest BCUT2D eigenvalue weighted by molar-refractivity contribution is 0.289. The first-order valence-corrected chi connectivity index (χ1v) is 4.76. The van der Waals surface area contributed by atoms with Gasteiger partial charge in [0.25, 0.3) is 0 Å². The van der Waals surface area contributed by atoms with E-state index in [1.165, 1.54) is 4.43 Å². The van der Waals surface area contributed by atoms with Crippen LogP contribution in [0.25, 0.3) is 0 Å². The van der Waals surface area contributed by atoms with Gasteiger partial charge in [0.05, 0.1) is 0 Å². The van der Waals surface area contributed by atoms with Crippen LogP contribution in [-0.2, 0) is 0 Å². The van der Waals surface area contributed by atoms with Gasteiger partial charge in [0, 0.05) is 11.0 Å². The van der Waals surface area contributed by atoms with Gasteiger partial charge < -0.3 is 5.11 Å². The van der Waals surface area contributed by atoms with Gasteiger partial charge in [0.1, 0.15) is 0 Å². The van der Waals surface area contributed by atoms with E-state index < -0.39 is 0 Å². The van der Waals surface area contributed by atoms with Gasteiger partial charge in [-0.25, -0.2) is 0 Å². The van der Waals surface area contributed by atoms with E-state index in [-0.39, 0.29) is 0 Å². The predicted molar refractivity (Wildman–Crippen MR) is 49.0 cm³/mol. The number of unbranched alkanes of at least 4 members (excludes halogenated alkanes) is 1. The quantitative estimate of drug-likeness (QED) is 0.338. The Morgan fingerprint density at radius 3 is 2.44 bits per heavy atom. The second-order valence-electron chi connectivity index (χ2n) is 1.81. The van der Waals surface area contributed by atoms with Gasteiger partial charge in [-0.1, -0.05) is 34.7 Å². The summed E-state index contributed by atoms with van der Waals surface area (Å²) in [7, 11) is 0. The molecule has 0 unspecified atom stereocenters. The van der Waals surface area contributed by atoms with Crippen molar-refractivity contribution in [3.8, 4) is 0 Å². The van der Waals surface area contributed by atoms with Crippen LogP contribution in [0.5, 0.6) is 0 Å². The Morgan fingerprint density at radius 1 is 1.22 bits per heavy atom. The Bertz CT molecular complexity index is 71.3. The molecule has 0 aliphatic heterocycles. The Morgan fingerprint density at radius 2 is 1.89 bits per heavy atom. The summed E-state index contributed by atoms with van der Waals surface area (Å²) in [4.78, 5) is 0. The van der Waals surface area contributed by atoms with E-state index in [4.69, 9.17) is 5.11 Å². The van der Waals surface area contributed by atoms with Crippen LogP contribution in [-0.4, -0.2) is 16.1 Å². The van der Waals surface area contributed by atoms with Crippen molar-refractivity contribution in [1.82, 2.24) is 0 Å². The van der Waals surface area contributed by atoms with Crippen LogP contribution in [0.3, 0.4) is 0 Å². The number of allylic oxidation sites excluding steroid dienone is 2. The summed E-state index contributed by atoms with van der Waals surface area (Å²) < 4.78 is 1.19. The zero-order valence-corrected chi connectivity index (χ0v) is 7.67. The fourth-order valence-electron chi connectivity index (χ4n) is 0.508. The summed E-state index contributed by atoms with van der Waals surface area (Å²) in [5.41, 5.74) is 0. The fourth-order valence-corrected chi connectivity index (χ4v) is 0.867. The molecule has 9 heavy (non-hydrogen) atoms. The SMILES string of the molecule is OCCC/C=C/CCI. The predicted octanol–water partition coefficient (Wildman–Crippen LogP) is 2.14. The molecule has 0 aliphatic rings. The van der Waals surface area contributed by atoms with Crippen molar-refractivity contribution in [2.24, 2.45) is 0 Å². The molecule has 54 valence electrons. The standard InChI is InChI=1S/C7H13IO/c8-6-4-2-1-3-5-7-9/h1-2,9H,3-7H2/b2-1+. The number of aliphatic hydroxyl groups excluding tert-OH is 1. The normalized spacial score (nSPS) is 10.9. The first-order valence-electron chi connectivity index (χ1n) is 3.23. The van der Waals surface area contributed by atoms with Gasteiger partial charge in [-0.15, -0.1) is 0 Å². The molecule has 1 nitrogen and oxygen atoms in total. The highest BCUT2D eigenvalue weighted by Crippen LogP contribution is 1.93. The minimum Gasteiger partial charge on any atom is -0.396 e. The van der Waals surface area contributed by atoms with Crippen molar-refractivity contribution >= 4 is 22.6 Å². The largest absolute Gasteiger partial charge is 0.396 e. The van der Waals surface area contributed by atoms with Crippen LogP contribution in [0.2, 0.25) is 0 Å². The summed E-state index contributed by atoms with van der Waals surface area (Å²) >= 11 is 2.35.